The standard InChI is InChI=1S/C6H13F/c1-6(2,3)4-5-7/h4-5H2,1-3H3/i7-1. The Morgan fingerprint density at radius 2 is 1.71 bits per heavy atom. The Balaban J connectivity index is 3.15. The van der Waals surface area contributed by atoms with Crippen LogP contribution in [0.25, 0.3) is 0 Å². The van der Waals surface area contributed by atoms with Crippen molar-refractivity contribution in [3.05, 3.63) is 0 Å². The van der Waals surface area contributed by atoms with E-state index in [9.17, 15) is 4.39 Å². The molecule has 0 aromatic rings. The van der Waals surface area contributed by atoms with Gasteiger partial charge in [-0.15, -0.1) is 0 Å². The third kappa shape index (κ3) is 5.93. The van der Waals surface area contributed by atoms with E-state index in [-0.39, 0.29) is 12.1 Å². The van der Waals surface area contributed by atoms with Gasteiger partial charge in [0, 0.05) is 0 Å². The van der Waals surface area contributed by atoms with E-state index in [0.717, 1.165) is 0 Å². The molecule has 44 valence electrons. The average Bonchev–Trinajstić information content (AvgIpc) is 1.30. The van der Waals surface area contributed by atoms with Crippen molar-refractivity contribution >= 4 is 0 Å². The van der Waals surface area contributed by atoms with Gasteiger partial charge in [0.15, 0.2) is 0 Å². The van der Waals surface area contributed by atoms with E-state index in [0.29, 0.717) is 6.42 Å². The van der Waals surface area contributed by atoms with Gasteiger partial charge >= 0.3 is 0 Å². The zero-order valence-electron chi connectivity index (χ0n) is 5.29. The first-order valence-electron chi connectivity index (χ1n) is 2.62. The fourth-order valence-electron chi connectivity index (χ4n) is 0.283. The van der Waals surface area contributed by atoms with Crippen LogP contribution in [0.4, 0.5) is 4.39 Å². The molecule has 0 radical (unpaired) electrons. The second kappa shape index (κ2) is 2.29. The minimum absolute atomic E-state index is 0.175. The lowest BCUT2D eigenvalue weighted by molar-refractivity contribution is 0.316. The van der Waals surface area contributed by atoms with Crippen molar-refractivity contribution in [3.63, 3.8) is 0 Å². The van der Waals surface area contributed by atoms with Gasteiger partial charge in [-0.3, -0.25) is 4.39 Å². The number of hydrogen-bond acceptors (Lipinski definition) is 0. The van der Waals surface area contributed by atoms with E-state index < -0.39 is 0 Å². The molecule has 0 atom stereocenters. The van der Waals surface area contributed by atoms with Crippen molar-refractivity contribution in [3.8, 4) is 0 Å². The van der Waals surface area contributed by atoms with Gasteiger partial charge in [0.1, 0.15) is 0 Å². The van der Waals surface area contributed by atoms with Gasteiger partial charge in [0.05, 0.1) is 6.67 Å². The second-order valence-electron chi connectivity index (χ2n) is 3.00. The Hall–Kier alpha value is -0.0700. The lowest BCUT2D eigenvalue weighted by atomic mass is 9.93. The van der Waals surface area contributed by atoms with Crippen molar-refractivity contribution in [2.75, 3.05) is 6.67 Å². The fraction of sp³-hybridized carbons (Fsp3) is 1.00. The number of rotatable bonds is 1. The van der Waals surface area contributed by atoms with Crippen LogP contribution >= 0.6 is 0 Å². The predicted octanol–water partition coefficient (Wildman–Crippen LogP) is 2.39. The highest BCUT2D eigenvalue weighted by Gasteiger charge is 2.07. The van der Waals surface area contributed by atoms with Gasteiger partial charge < -0.3 is 0 Å². The molecule has 0 fully saturated rings. The third-order valence-corrected chi connectivity index (χ3v) is 0.844. The highest BCUT2D eigenvalue weighted by molar-refractivity contribution is 4.58. The van der Waals surface area contributed by atoms with Crippen LogP contribution in [0, 0.1) is 5.41 Å². The normalized spacial score (nSPS) is 12.0. The van der Waals surface area contributed by atoms with E-state index >= 15 is 0 Å². The molecule has 0 rings (SSSR count). The summed E-state index contributed by atoms with van der Waals surface area (Å²) in [6.45, 7) is 5.91. The molecule has 1 heteroatoms. The van der Waals surface area contributed by atoms with E-state index in [4.69, 9.17) is 0 Å². The molecule has 0 bridgehead atoms. The van der Waals surface area contributed by atoms with Crippen LogP contribution in [0.3, 0.4) is 0 Å². The first-order chi connectivity index (χ1) is 3.06. The maximum atomic E-state index is 11.5. The van der Waals surface area contributed by atoms with Crippen LogP contribution in [0.2, 0.25) is 0 Å². The summed E-state index contributed by atoms with van der Waals surface area (Å²) in [5.74, 6) is 0. The molecule has 0 aliphatic rings. The number of alkyl halides is 1. The minimum atomic E-state index is -0.191. The highest BCUT2D eigenvalue weighted by atomic mass is 18.2. The molecule has 0 aromatic heterocycles. The van der Waals surface area contributed by atoms with Crippen LogP contribution in [0.5, 0.6) is 0 Å². The molecular formula is C6H13F. The first-order valence-corrected chi connectivity index (χ1v) is 2.62. The van der Waals surface area contributed by atoms with Crippen molar-refractivity contribution in [2.45, 2.75) is 27.2 Å². The second-order valence-corrected chi connectivity index (χ2v) is 3.00. The molecule has 0 unspecified atom stereocenters. The molecule has 0 amide bonds. The molecule has 0 aromatic carbocycles. The number of hydrogen-bond donors (Lipinski definition) is 0. The average molecular weight is 103 g/mol. The summed E-state index contributed by atoms with van der Waals surface area (Å²) in [6, 6.07) is 0. The third-order valence-electron chi connectivity index (χ3n) is 0.844. The van der Waals surface area contributed by atoms with Crippen LogP contribution in [0.1, 0.15) is 27.2 Å². The van der Waals surface area contributed by atoms with Gasteiger partial charge in [-0.25, -0.2) is 0 Å². The Morgan fingerprint density at radius 3 is 1.71 bits per heavy atom. The fourth-order valence-corrected chi connectivity index (χ4v) is 0.283. The summed E-state index contributed by atoms with van der Waals surface area (Å²) in [4.78, 5) is 0. The molecule has 0 nitrogen and oxygen atoms in total. The largest absolute Gasteiger partial charge is 0.251 e. The van der Waals surface area contributed by atoms with Gasteiger partial charge in [-0.05, 0) is 11.8 Å². The summed E-state index contributed by atoms with van der Waals surface area (Å²) in [6.07, 6.45) is 0.674. The van der Waals surface area contributed by atoms with Crippen molar-refractivity contribution < 1.29 is 4.39 Å². The zero-order valence-corrected chi connectivity index (χ0v) is 5.29. The summed E-state index contributed by atoms with van der Waals surface area (Å²) >= 11 is 0. The van der Waals surface area contributed by atoms with Gasteiger partial charge in [0.2, 0.25) is 0 Å². The molecule has 0 saturated heterocycles. The number of halogens is 1. The molecule has 0 saturated carbocycles. The molecule has 0 aliphatic carbocycles. The summed E-state index contributed by atoms with van der Waals surface area (Å²) in [5.41, 5.74) is 0.175. The van der Waals surface area contributed by atoms with Gasteiger partial charge in [0.25, 0.3) is 0 Å². The van der Waals surface area contributed by atoms with E-state index in [1.165, 1.54) is 0 Å². The summed E-state index contributed by atoms with van der Waals surface area (Å²) < 4.78 is 11.5. The van der Waals surface area contributed by atoms with E-state index in [1.54, 1.807) is 0 Å². The summed E-state index contributed by atoms with van der Waals surface area (Å²) in [5, 5.41) is 0. The topological polar surface area (TPSA) is 0 Å². The van der Waals surface area contributed by atoms with Crippen LogP contribution in [0.15, 0.2) is 0 Å². The first kappa shape index (κ1) is 6.93. The van der Waals surface area contributed by atoms with E-state index in [2.05, 4.69) is 0 Å². The van der Waals surface area contributed by atoms with Gasteiger partial charge in [-0.1, -0.05) is 20.8 Å². The molecule has 0 aliphatic heterocycles. The lowest BCUT2D eigenvalue weighted by Crippen LogP contribution is -2.04. The van der Waals surface area contributed by atoms with Crippen LogP contribution in [-0.4, -0.2) is 6.67 Å². The van der Waals surface area contributed by atoms with Crippen LogP contribution in [-0.2, 0) is 0 Å². The monoisotopic (exact) mass is 103 g/mol. The predicted molar refractivity (Wildman–Crippen MR) is 30.0 cm³/mol. The lowest BCUT2D eigenvalue weighted by Gasteiger charge is -2.13. The summed E-state index contributed by atoms with van der Waals surface area (Å²) in [7, 11) is 0. The smallest absolute Gasteiger partial charge is 0.0899 e. The SMILES string of the molecule is CC(C)(C)CC[18F]. The Kier molecular flexibility index (Phi) is 2.27. The Labute approximate surface area is 44.7 Å². The molecular weight excluding hydrogens is 90.1 g/mol. The minimum Gasteiger partial charge on any atom is -0.251 e. The highest BCUT2D eigenvalue weighted by Crippen LogP contribution is 2.17. The Morgan fingerprint density at radius 1 is 1.29 bits per heavy atom. The molecule has 0 spiro atoms. The maximum Gasteiger partial charge on any atom is 0.0899 e. The quantitative estimate of drug-likeness (QED) is 0.478. The molecule has 0 heterocycles. The van der Waals surface area contributed by atoms with Crippen molar-refractivity contribution in [1.29, 1.82) is 0 Å². The van der Waals surface area contributed by atoms with Crippen molar-refractivity contribution in [2.24, 2.45) is 5.41 Å². The molecule has 7 heavy (non-hydrogen) atoms. The molecule has 0 N–H and O–H groups in total. The Bertz CT molecular complexity index is 42.6. The van der Waals surface area contributed by atoms with E-state index in [1.807, 2.05) is 20.8 Å². The zero-order chi connectivity index (χ0) is 5.91. The van der Waals surface area contributed by atoms with Gasteiger partial charge in [-0.2, -0.15) is 0 Å². The van der Waals surface area contributed by atoms with Crippen LogP contribution < -0.4 is 0 Å². The van der Waals surface area contributed by atoms with Crippen molar-refractivity contribution in [1.82, 2.24) is 0 Å². The maximum absolute atomic E-state index is 11.5.